The summed E-state index contributed by atoms with van der Waals surface area (Å²) in [6.07, 6.45) is 13.2. The lowest BCUT2D eigenvalue weighted by Crippen LogP contribution is -2.06. The molecule has 2 unspecified atom stereocenters. The van der Waals surface area contributed by atoms with Crippen LogP contribution < -0.4 is 0 Å². The van der Waals surface area contributed by atoms with E-state index in [1.165, 1.54) is 0 Å². The van der Waals surface area contributed by atoms with E-state index in [2.05, 4.69) is 52.6 Å². The van der Waals surface area contributed by atoms with Crippen LogP contribution in [0.4, 0.5) is 0 Å². The zero-order chi connectivity index (χ0) is 11.3. The zero-order valence-corrected chi connectivity index (χ0v) is 12.6. The zero-order valence-electron chi connectivity index (χ0n) is 8.18. The molecule has 0 fully saturated rings. The van der Waals surface area contributed by atoms with Gasteiger partial charge in [-0.15, -0.1) is 0 Å². The fraction of sp³-hybridized carbons (Fsp3) is 0.100. The first-order valence-electron chi connectivity index (χ1n) is 4.31. The molecule has 0 aliphatic rings. The van der Waals surface area contributed by atoms with Gasteiger partial charge in [0.2, 0.25) is 0 Å². The van der Waals surface area contributed by atoms with Gasteiger partial charge >= 0.3 is 0 Å². The first kappa shape index (κ1) is 13.1. The van der Waals surface area contributed by atoms with Gasteiger partial charge in [0.15, 0.2) is 0 Å². The van der Waals surface area contributed by atoms with E-state index in [1.807, 2.05) is 41.4 Å². The minimum atomic E-state index is -0.103. The summed E-state index contributed by atoms with van der Waals surface area (Å²) in [6, 6.07) is 0. The number of nitrogens with zero attached hydrogens (tertiary/aromatic N) is 2. The number of halogens is 1. The fourth-order valence-electron chi connectivity index (χ4n) is 0.908. The molecule has 0 spiro atoms. The summed E-state index contributed by atoms with van der Waals surface area (Å²) < 4.78 is 1.91. The molecule has 0 saturated carbocycles. The fourth-order valence-corrected chi connectivity index (χ4v) is 1.45. The minimum Gasteiger partial charge on any atom is -0.315 e. The Morgan fingerprint density at radius 2 is 2.13 bits per heavy atom. The molecule has 15 heavy (non-hydrogen) atoms. The average Bonchev–Trinajstić information content (AvgIpc) is 2.60. The highest BCUT2D eigenvalue weighted by Crippen LogP contribution is 2.40. The van der Waals surface area contributed by atoms with E-state index in [4.69, 9.17) is 0 Å². The van der Waals surface area contributed by atoms with Gasteiger partial charge < -0.3 is 4.57 Å². The topological polar surface area (TPSA) is 17.8 Å². The summed E-state index contributed by atoms with van der Waals surface area (Å²) in [5, 5.41) is 0. The normalized spacial score (nSPS) is 12.7. The predicted octanol–water partition coefficient (Wildman–Crippen LogP) is 3.39. The summed E-state index contributed by atoms with van der Waals surface area (Å²) in [5.41, 5.74) is 0.939. The van der Waals surface area contributed by atoms with Crippen LogP contribution in [0.1, 0.15) is 5.69 Å². The summed E-state index contributed by atoms with van der Waals surface area (Å²) in [5.74, 6) is 0. The van der Waals surface area contributed by atoms with Gasteiger partial charge in [-0.25, -0.2) is 4.98 Å². The molecular weight excluding hydrogens is 337 g/mol. The molecular formula is C10H13IN2P2. The van der Waals surface area contributed by atoms with Crippen molar-refractivity contribution in [3.8, 4) is 0 Å². The second-order valence-corrected chi connectivity index (χ2v) is 9.42. The predicted molar refractivity (Wildman–Crippen MR) is 82.0 cm³/mol. The van der Waals surface area contributed by atoms with Crippen molar-refractivity contribution in [2.45, 2.75) is 3.03 Å². The maximum Gasteiger partial charge on any atom is 0.123 e. The Kier molecular flexibility index (Phi) is 5.17. The quantitative estimate of drug-likeness (QED) is 0.352. The molecule has 0 amide bonds. The van der Waals surface area contributed by atoms with Gasteiger partial charge in [-0.2, -0.15) is 0 Å². The van der Waals surface area contributed by atoms with Crippen LogP contribution in [0.2, 0.25) is 0 Å². The van der Waals surface area contributed by atoms with Crippen LogP contribution in [0.3, 0.4) is 0 Å². The first-order valence-corrected chi connectivity index (χ1v) is 6.54. The van der Waals surface area contributed by atoms with Crippen LogP contribution in [0.15, 0.2) is 43.4 Å². The van der Waals surface area contributed by atoms with E-state index in [0.717, 1.165) is 5.69 Å². The van der Waals surface area contributed by atoms with E-state index >= 15 is 0 Å². The van der Waals surface area contributed by atoms with Gasteiger partial charge in [-0.1, -0.05) is 49.4 Å². The second-order valence-electron chi connectivity index (χ2n) is 2.91. The van der Waals surface area contributed by atoms with Gasteiger partial charge in [0.25, 0.3) is 0 Å². The highest BCUT2D eigenvalue weighted by molar-refractivity contribution is 14.1. The third kappa shape index (κ3) is 4.58. The van der Waals surface area contributed by atoms with Gasteiger partial charge in [-0.05, 0) is 28.7 Å². The molecule has 80 valence electrons. The number of alkyl halides is 1. The molecule has 0 bridgehead atoms. The second kappa shape index (κ2) is 5.93. The van der Waals surface area contributed by atoms with Crippen molar-refractivity contribution in [2.75, 3.05) is 0 Å². The van der Waals surface area contributed by atoms with Gasteiger partial charge in [0, 0.05) is 6.20 Å². The van der Waals surface area contributed by atoms with Gasteiger partial charge in [-0.3, -0.25) is 0 Å². The van der Waals surface area contributed by atoms with Crippen molar-refractivity contribution < 1.29 is 0 Å². The Bertz CT molecular complexity index is 388. The average molecular weight is 350 g/mol. The molecule has 1 aromatic rings. The van der Waals surface area contributed by atoms with E-state index < -0.39 is 0 Å². The Balaban J connectivity index is 2.73. The molecule has 1 rings (SSSR count). The third-order valence-corrected chi connectivity index (χ3v) is 2.78. The van der Waals surface area contributed by atoms with Crippen LogP contribution >= 0.6 is 41.1 Å². The lowest BCUT2D eigenvalue weighted by molar-refractivity contribution is 0.847. The van der Waals surface area contributed by atoms with Crippen LogP contribution in [0, 0.1) is 0 Å². The molecule has 1 aromatic heterocycles. The molecule has 1 heterocycles. The Morgan fingerprint density at radius 3 is 2.67 bits per heavy atom. The molecule has 0 aromatic carbocycles. The number of hydrogen-bond acceptors (Lipinski definition) is 1. The highest BCUT2D eigenvalue weighted by atomic mass is 127. The van der Waals surface area contributed by atoms with Crippen molar-refractivity contribution in [3.05, 3.63) is 49.1 Å². The molecule has 2 atom stereocenters. The van der Waals surface area contributed by atoms with Crippen molar-refractivity contribution in [3.63, 3.8) is 0 Å². The molecule has 5 heteroatoms. The highest BCUT2D eigenvalue weighted by Gasteiger charge is 2.14. The van der Waals surface area contributed by atoms with Gasteiger partial charge in [0.05, 0.1) is 12.0 Å². The number of aromatic nitrogens is 2. The molecule has 0 radical (unpaired) electrons. The molecule has 0 N–H and O–H groups in total. The number of hydrogen-bond donors (Lipinski definition) is 0. The molecule has 0 aliphatic carbocycles. The summed E-state index contributed by atoms with van der Waals surface area (Å²) in [4.78, 5) is 4.27. The van der Waals surface area contributed by atoms with Crippen molar-refractivity contribution >= 4 is 47.1 Å². The van der Waals surface area contributed by atoms with E-state index in [0.29, 0.717) is 0 Å². The largest absolute Gasteiger partial charge is 0.315 e. The smallest absolute Gasteiger partial charge is 0.123 e. The standard InChI is InChI=1S/C10H13IN2P2/c1-2-3-4-5-6-9-7-13(8-12-9)10(11,14)15/h2-8H,1,14-15H2/b4-3-,6-5+. The Morgan fingerprint density at radius 1 is 1.40 bits per heavy atom. The summed E-state index contributed by atoms with van der Waals surface area (Å²) in [7, 11) is 5.46. The number of imidazole rings is 1. The monoisotopic (exact) mass is 350 g/mol. The van der Waals surface area contributed by atoms with E-state index in [1.54, 1.807) is 6.08 Å². The lowest BCUT2D eigenvalue weighted by Gasteiger charge is -2.16. The third-order valence-electron chi connectivity index (χ3n) is 1.62. The summed E-state index contributed by atoms with van der Waals surface area (Å²) in [6.45, 7) is 3.59. The molecule has 0 aliphatic heterocycles. The lowest BCUT2D eigenvalue weighted by atomic mass is 10.4. The maximum absolute atomic E-state index is 4.27. The maximum atomic E-state index is 4.27. The van der Waals surface area contributed by atoms with Crippen molar-refractivity contribution in [2.24, 2.45) is 0 Å². The first-order chi connectivity index (χ1) is 7.04. The number of rotatable bonds is 4. The SMILES string of the molecule is C=C/C=C\C=C\c1cn(C(P)(P)I)cn1. The summed E-state index contributed by atoms with van der Waals surface area (Å²) >= 11 is 2.30. The molecule has 2 nitrogen and oxygen atoms in total. The minimum absolute atomic E-state index is 0.103. The Hall–Kier alpha value is 0.0200. The van der Waals surface area contributed by atoms with Crippen molar-refractivity contribution in [1.29, 1.82) is 0 Å². The van der Waals surface area contributed by atoms with Crippen molar-refractivity contribution in [1.82, 2.24) is 9.55 Å². The number of allylic oxidation sites excluding steroid dienone is 4. The van der Waals surface area contributed by atoms with Crippen LogP contribution in [0.25, 0.3) is 6.08 Å². The van der Waals surface area contributed by atoms with E-state index in [9.17, 15) is 0 Å². The van der Waals surface area contributed by atoms with Crippen LogP contribution in [-0.2, 0) is 3.03 Å². The molecule has 0 saturated heterocycles. The van der Waals surface area contributed by atoms with Crippen LogP contribution in [0.5, 0.6) is 0 Å². The van der Waals surface area contributed by atoms with Crippen LogP contribution in [-0.4, -0.2) is 9.55 Å². The van der Waals surface area contributed by atoms with E-state index in [-0.39, 0.29) is 3.03 Å². The Labute approximate surface area is 108 Å². The van der Waals surface area contributed by atoms with Gasteiger partial charge in [0.1, 0.15) is 3.03 Å².